The van der Waals surface area contributed by atoms with Crippen LogP contribution in [0.25, 0.3) is 73.8 Å². The zero-order valence-corrected chi connectivity index (χ0v) is 34.3. The minimum atomic E-state index is 1.21. The lowest BCUT2D eigenvalue weighted by molar-refractivity contribution is 1.33. The fourth-order valence-electron chi connectivity index (χ4n) is 8.59. The molecular weight excluding hydrogens is 781 g/mol. The summed E-state index contributed by atoms with van der Waals surface area (Å²) >= 11 is 7.48. The predicted octanol–water partition coefficient (Wildman–Crippen LogP) is 17.2. The summed E-state index contributed by atoms with van der Waals surface area (Å²) in [5.74, 6) is 0. The molecule has 0 fully saturated rings. The molecule has 0 bridgehead atoms. The molecule has 0 saturated carbocycles. The van der Waals surface area contributed by atoms with Gasteiger partial charge in [-0.05, 0) is 95.1 Å². The first-order chi connectivity index (χ1) is 28.8. The van der Waals surface area contributed by atoms with Crippen LogP contribution < -0.4 is 9.80 Å². The van der Waals surface area contributed by atoms with Crippen molar-refractivity contribution in [2.45, 2.75) is 0 Å². The van der Waals surface area contributed by atoms with Crippen LogP contribution in [-0.2, 0) is 0 Å². The topological polar surface area (TPSA) is 6.48 Å². The smallest absolute Gasteiger partial charge is 0.101 e. The Balaban J connectivity index is 0.863. The Hall–Kier alpha value is -6.28. The second-order valence-electron chi connectivity index (χ2n) is 14.4. The summed E-state index contributed by atoms with van der Waals surface area (Å²) in [4.78, 5) is 12.6. The molecule has 6 heterocycles. The highest BCUT2D eigenvalue weighted by molar-refractivity contribution is 7.29. The molecule has 0 N–H and O–H groups in total. The summed E-state index contributed by atoms with van der Waals surface area (Å²) in [6.07, 6.45) is 0. The minimum Gasteiger partial charge on any atom is -0.301 e. The summed E-state index contributed by atoms with van der Waals surface area (Å²) in [7, 11) is 0. The molecule has 6 aromatic carbocycles. The fraction of sp³-hybridized carbons (Fsp3) is 0. The van der Waals surface area contributed by atoms with Gasteiger partial charge in [-0.15, -0.1) is 45.3 Å². The molecule has 0 radical (unpaired) electrons. The Morgan fingerprint density at radius 1 is 0.207 bits per heavy atom. The number of anilines is 6. The average molecular weight is 813 g/mol. The monoisotopic (exact) mass is 812 g/mol. The van der Waals surface area contributed by atoms with Crippen molar-refractivity contribution < 1.29 is 0 Å². The molecule has 12 rings (SSSR count). The lowest BCUT2D eigenvalue weighted by Crippen LogP contribution is -2.09. The zero-order chi connectivity index (χ0) is 38.2. The number of hydrogen-bond donors (Lipinski definition) is 0. The second kappa shape index (κ2) is 13.7. The third-order valence-corrected chi connectivity index (χ3v) is 16.1. The summed E-state index contributed by atoms with van der Waals surface area (Å²) in [6, 6.07) is 71.2. The molecule has 0 amide bonds. The molecule has 10 aromatic rings. The molecule has 2 aliphatic heterocycles. The molecule has 6 heteroatoms. The van der Waals surface area contributed by atoms with Crippen molar-refractivity contribution in [3.8, 4) is 73.8 Å². The number of hydrogen-bond acceptors (Lipinski definition) is 6. The molecule has 0 saturated heterocycles. The van der Waals surface area contributed by atoms with Crippen LogP contribution in [-0.4, -0.2) is 0 Å². The number of rotatable bonds is 5. The van der Waals surface area contributed by atoms with Crippen molar-refractivity contribution in [2.75, 3.05) is 9.80 Å². The third kappa shape index (κ3) is 5.41. The van der Waals surface area contributed by atoms with E-state index in [1.54, 1.807) is 0 Å². The first-order valence-electron chi connectivity index (χ1n) is 19.3. The van der Waals surface area contributed by atoms with E-state index in [-0.39, 0.29) is 0 Å². The minimum absolute atomic E-state index is 1.21. The van der Waals surface area contributed by atoms with Crippen LogP contribution in [0.15, 0.2) is 194 Å². The largest absolute Gasteiger partial charge is 0.301 e. The van der Waals surface area contributed by atoms with Gasteiger partial charge >= 0.3 is 0 Å². The first kappa shape index (κ1) is 33.8. The normalized spacial score (nSPS) is 12.4. The highest BCUT2D eigenvalue weighted by Gasteiger charge is 2.28. The number of thiophene rings is 4. The lowest BCUT2D eigenvalue weighted by Gasteiger charge is -2.25. The van der Waals surface area contributed by atoms with Crippen molar-refractivity contribution in [2.24, 2.45) is 0 Å². The summed E-state index contributed by atoms with van der Waals surface area (Å²) < 4.78 is 0. The predicted molar refractivity (Wildman–Crippen MR) is 252 cm³/mol. The average Bonchev–Trinajstić information content (AvgIpc) is 4.12. The molecule has 58 heavy (non-hydrogen) atoms. The van der Waals surface area contributed by atoms with E-state index >= 15 is 0 Å². The SMILES string of the molecule is c1ccc2c(c1)-c1ccccc1N(c1ccc(-c3ccc(-c4ccc(-c5ccc(N6c7ccccc7-c7ccccc7-c7ccccc76)s5)s4)s3)s1)c1ccccc1-2. The third-order valence-electron chi connectivity index (χ3n) is 11.2. The highest BCUT2D eigenvalue weighted by Crippen LogP contribution is 2.55. The lowest BCUT2D eigenvalue weighted by atomic mass is 9.95. The maximum Gasteiger partial charge on any atom is 0.101 e. The summed E-state index contributed by atoms with van der Waals surface area (Å²) in [5, 5.41) is 2.42. The molecule has 2 nitrogen and oxygen atoms in total. The van der Waals surface area contributed by atoms with Crippen LogP contribution in [0.3, 0.4) is 0 Å². The van der Waals surface area contributed by atoms with E-state index < -0.39 is 0 Å². The van der Waals surface area contributed by atoms with Gasteiger partial charge in [-0.25, -0.2) is 0 Å². The van der Waals surface area contributed by atoms with Crippen LogP contribution in [0.2, 0.25) is 0 Å². The van der Waals surface area contributed by atoms with Gasteiger partial charge in [0.05, 0.1) is 22.7 Å². The summed E-state index contributed by atoms with van der Waals surface area (Å²) in [5.41, 5.74) is 14.9. The van der Waals surface area contributed by atoms with Gasteiger partial charge in [-0.2, -0.15) is 0 Å². The van der Waals surface area contributed by atoms with E-state index in [9.17, 15) is 0 Å². The van der Waals surface area contributed by atoms with Gasteiger partial charge in [0.25, 0.3) is 0 Å². The van der Waals surface area contributed by atoms with E-state index in [0.717, 1.165) is 0 Å². The number of benzene rings is 6. The van der Waals surface area contributed by atoms with Crippen molar-refractivity contribution >= 4 is 78.1 Å². The Morgan fingerprint density at radius 2 is 0.431 bits per heavy atom. The van der Waals surface area contributed by atoms with E-state index in [1.165, 1.54) is 107 Å². The molecule has 0 aliphatic carbocycles. The van der Waals surface area contributed by atoms with E-state index in [1.807, 2.05) is 45.3 Å². The Labute approximate surface area is 353 Å². The standard InChI is InChI=1S/C52H32N2S4/c1-2-14-34-33(13-1)37-17-5-9-21-41(37)53(42-22-10-6-18-38(34)42)51-31-29-49(57-51)47-27-25-45(55-47)46-26-28-48(56-46)50-30-32-52(58-50)54-43-23-11-7-19-39(43)35-15-3-4-16-36(35)40-20-8-12-24-44(40)54/h1-32H. The van der Waals surface area contributed by atoms with Gasteiger partial charge in [0.15, 0.2) is 0 Å². The molecule has 274 valence electrons. The maximum absolute atomic E-state index is 2.45. The molecule has 0 atom stereocenters. The van der Waals surface area contributed by atoms with Crippen molar-refractivity contribution in [3.63, 3.8) is 0 Å². The van der Waals surface area contributed by atoms with Crippen molar-refractivity contribution in [1.82, 2.24) is 0 Å². The van der Waals surface area contributed by atoms with E-state index in [0.29, 0.717) is 0 Å². The number of nitrogens with zero attached hydrogens (tertiary/aromatic N) is 2. The molecular formula is C52H32N2S4. The quantitative estimate of drug-likeness (QED) is 0.171. The van der Waals surface area contributed by atoms with Crippen LogP contribution in [0, 0.1) is 0 Å². The van der Waals surface area contributed by atoms with E-state index in [2.05, 4.69) is 204 Å². The molecule has 2 aliphatic rings. The van der Waals surface area contributed by atoms with Crippen LogP contribution >= 0.6 is 45.3 Å². The van der Waals surface area contributed by atoms with Crippen LogP contribution in [0.1, 0.15) is 0 Å². The van der Waals surface area contributed by atoms with Crippen molar-refractivity contribution in [1.29, 1.82) is 0 Å². The first-order valence-corrected chi connectivity index (χ1v) is 22.6. The Kier molecular flexibility index (Phi) is 7.98. The van der Waals surface area contributed by atoms with E-state index in [4.69, 9.17) is 0 Å². The van der Waals surface area contributed by atoms with Crippen LogP contribution in [0.4, 0.5) is 32.8 Å². The molecule has 0 unspecified atom stereocenters. The second-order valence-corrected chi connectivity index (χ2v) is 18.7. The van der Waals surface area contributed by atoms with Gasteiger partial charge in [0.1, 0.15) is 10.0 Å². The fourth-order valence-corrected chi connectivity index (χ4v) is 12.9. The van der Waals surface area contributed by atoms with Crippen LogP contribution in [0.5, 0.6) is 0 Å². The highest BCUT2D eigenvalue weighted by atomic mass is 32.1. The van der Waals surface area contributed by atoms with Gasteiger partial charge in [-0.1, -0.05) is 121 Å². The molecule has 4 aromatic heterocycles. The van der Waals surface area contributed by atoms with Gasteiger partial charge in [-0.3, -0.25) is 0 Å². The number of para-hydroxylation sites is 4. The molecule has 0 spiro atoms. The Morgan fingerprint density at radius 3 is 0.724 bits per heavy atom. The van der Waals surface area contributed by atoms with Gasteiger partial charge in [0.2, 0.25) is 0 Å². The number of fused-ring (bicyclic) bond motifs is 10. The van der Waals surface area contributed by atoms with Gasteiger partial charge < -0.3 is 9.80 Å². The summed E-state index contributed by atoms with van der Waals surface area (Å²) in [6.45, 7) is 0. The Bertz CT molecular complexity index is 2830. The van der Waals surface area contributed by atoms with Gasteiger partial charge in [0, 0.05) is 51.5 Å². The van der Waals surface area contributed by atoms with Crippen molar-refractivity contribution in [3.05, 3.63) is 194 Å². The maximum atomic E-state index is 2.45. The zero-order valence-electron chi connectivity index (χ0n) is 31.0.